The van der Waals surface area contributed by atoms with Gasteiger partial charge in [-0.15, -0.1) is 11.3 Å². The molecule has 0 aliphatic heterocycles. The predicted molar refractivity (Wildman–Crippen MR) is 79.1 cm³/mol. The molecular formula is C15H18N2S. The normalized spacial score (nSPS) is 14.2. The second-order valence-electron chi connectivity index (χ2n) is 4.80. The van der Waals surface area contributed by atoms with Crippen LogP contribution in [0.3, 0.4) is 0 Å². The summed E-state index contributed by atoms with van der Waals surface area (Å²) in [4.78, 5) is 1.23. The second-order valence-corrected chi connectivity index (χ2v) is 5.80. The highest BCUT2D eigenvalue weighted by atomic mass is 32.1. The quantitative estimate of drug-likeness (QED) is 0.878. The maximum absolute atomic E-state index is 5.91. The SMILES string of the molecule is Nc1ccsc1CNc1cccc2c1CCCC2. The van der Waals surface area contributed by atoms with E-state index in [1.807, 2.05) is 11.4 Å². The molecule has 0 saturated heterocycles. The van der Waals surface area contributed by atoms with Gasteiger partial charge in [0.15, 0.2) is 0 Å². The van der Waals surface area contributed by atoms with Gasteiger partial charge in [0.05, 0.1) is 6.54 Å². The largest absolute Gasteiger partial charge is 0.398 e. The summed E-state index contributed by atoms with van der Waals surface area (Å²) in [5, 5.41) is 5.59. The van der Waals surface area contributed by atoms with E-state index in [2.05, 4.69) is 23.5 Å². The van der Waals surface area contributed by atoms with Gasteiger partial charge in [-0.25, -0.2) is 0 Å². The van der Waals surface area contributed by atoms with Gasteiger partial charge in [0.25, 0.3) is 0 Å². The van der Waals surface area contributed by atoms with E-state index in [4.69, 9.17) is 5.73 Å². The van der Waals surface area contributed by atoms with Crippen LogP contribution in [0.4, 0.5) is 11.4 Å². The number of anilines is 2. The molecule has 0 unspecified atom stereocenters. The molecule has 0 atom stereocenters. The smallest absolute Gasteiger partial charge is 0.0514 e. The first-order valence-corrected chi connectivity index (χ1v) is 7.39. The maximum Gasteiger partial charge on any atom is 0.0514 e. The topological polar surface area (TPSA) is 38.0 Å². The zero-order valence-corrected chi connectivity index (χ0v) is 11.2. The van der Waals surface area contributed by atoms with E-state index in [9.17, 15) is 0 Å². The van der Waals surface area contributed by atoms with E-state index in [0.29, 0.717) is 0 Å². The van der Waals surface area contributed by atoms with Gasteiger partial charge in [-0.1, -0.05) is 12.1 Å². The Morgan fingerprint density at radius 1 is 1.17 bits per heavy atom. The Morgan fingerprint density at radius 2 is 2.06 bits per heavy atom. The maximum atomic E-state index is 5.91. The highest BCUT2D eigenvalue weighted by Crippen LogP contribution is 2.29. The summed E-state index contributed by atoms with van der Waals surface area (Å²) in [6, 6.07) is 8.58. The van der Waals surface area contributed by atoms with Crippen LogP contribution >= 0.6 is 11.3 Å². The number of benzene rings is 1. The van der Waals surface area contributed by atoms with Crippen LogP contribution in [0.5, 0.6) is 0 Å². The summed E-state index contributed by atoms with van der Waals surface area (Å²) in [6.07, 6.45) is 5.07. The monoisotopic (exact) mass is 258 g/mol. The summed E-state index contributed by atoms with van der Waals surface area (Å²) in [6.45, 7) is 0.833. The molecule has 0 radical (unpaired) electrons. The lowest BCUT2D eigenvalue weighted by atomic mass is 9.90. The summed E-state index contributed by atoms with van der Waals surface area (Å²) < 4.78 is 0. The molecule has 94 valence electrons. The van der Waals surface area contributed by atoms with Crippen molar-refractivity contribution in [2.45, 2.75) is 32.2 Å². The standard InChI is InChI=1S/C15H18N2S/c16-13-8-9-18-15(13)10-17-14-7-3-5-11-4-1-2-6-12(11)14/h3,5,7-9,17H,1-2,4,6,10,16H2. The van der Waals surface area contributed by atoms with Gasteiger partial charge in [-0.05, 0) is 54.3 Å². The minimum absolute atomic E-state index is 0.833. The molecule has 1 aromatic carbocycles. The van der Waals surface area contributed by atoms with Crippen molar-refractivity contribution in [1.29, 1.82) is 0 Å². The van der Waals surface area contributed by atoms with Gasteiger partial charge >= 0.3 is 0 Å². The Bertz CT molecular complexity index is 545. The summed E-state index contributed by atoms with van der Waals surface area (Å²) >= 11 is 1.72. The van der Waals surface area contributed by atoms with Crippen molar-refractivity contribution < 1.29 is 0 Å². The van der Waals surface area contributed by atoms with Crippen molar-refractivity contribution in [3.63, 3.8) is 0 Å². The van der Waals surface area contributed by atoms with Crippen molar-refractivity contribution >= 4 is 22.7 Å². The average molecular weight is 258 g/mol. The zero-order valence-electron chi connectivity index (χ0n) is 10.4. The number of rotatable bonds is 3. The Hall–Kier alpha value is -1.48. The first kappa shape index (κ1) is 11.6. The van der Waals surface area contributed by atoms with Crippen LogP contribution in [0, 0.1) is 0 Å². The van der Waals surface area contributed by atoms with Crippen LogP contribution < -0.4 is 11.1 Å². The third-order valence-corrected chi connectivity index (χ3v) is 4.55. The molecule has 1 aliphatic rings. The van der Waals surface area contributed by atoms with E-state index in [1.165, 1.54) is 47.4 Å². The highest BCUT2D eigenvalue weighted by Gasteiger charge is 2.12. The molecule has 0 bridgehead atoms. The fourth-order valence-corrected chi connectivity index (χ4v) is 3.36. The van der Waals surface area contributed by atoms with Gasteiger partial charge in [0.1, 0.15) is 0 Å². The van der Waals surface area contributed by atoms with Gasteiger partial charge in [0.2, 0.25) is 0 Å². The minimum Gasteiger partial charge on any atom is -0.398 e. The van der Waals surface area contributed by atoms with Crippen LogP contribution in [0.25, 0.3) is 0 Å². The molecule has 2 aromatic rings. The molecule has 0 saturated carbocycles. The van der Waals surface area contributed by atoms with Crippen LogP contribution in [0.2, 0.25) is 0 Å². The number of nitrogens with two attached hydrogens (primary N) is 1. The number of aryl methyl sites for hydroxylation is 1. The molecule has 0 fully saturated rings. The van der Waals surface area contributed by atoms with Gasteiger partial charge in [-0.3, -0.25) is 0 Å². The number of hydrogen-bond donors (Lipinski definition) is 2. The van der Waals surface area contributed by atoms with Gasteiger partial charge in [-0.2, -0.15) is 0 Å². The molecule has 2 nitrogen and oxygen atoms in total. The first-order chi connectivity index (χ1) is 8.84. The third-order valence-electron chi connectivity index (χ3n) is 3.62. The van der Waals surface area contributed by atoms with Crippen LogP contribution in [-0.2, 0) is 19.4 Å². The van der Waals surface area contributed by atoms with Gasteiger partial charge < -0.3 is 11.1 Å². The summed E-state index contributed by atoms with van der Waals surface area (Å²) in [5.74, 6) is 0. The second kappa shape index (κ2) is 5.02. The lowest BCUT2D eigenvalue weighted by molar-refractivity contribution is 0.686. The van der Waals surface area contributed by atoms with E-state index in [0.717, 1.165) is 12.2 Å². The Balaban J connectivity index is 1.79. The number of nitrogen functional groups attached to an aromatic ring is 1. The molecule has 1 aliphatic carbocycles. The molecule has 1 heterocycles. The molecule has 3 N–H and O–H groups in total. The average Bonchev–Trinajstić information content (AvgIpc) is 2.82. The van der Waals surface area contributed by atoms with Crippen molar-refractivity contribution in [1.82, 2.24) is 0 Å². The predicted octanol–water partition coefficient (Wildman–Crippen LogP) is 3.82. The number of hydrogen-bond acceptors (Lipinski definition) is 3. The molecule has 3 rings (SSSR count). The highest BCUT2D eigenvalue weighted by molar-refractivity contribution is 7.10. The molecule has 3 heteroatoms. The summed E-state index contributed by atoms with van der Waals surface area (Å²) in [5.41, 5.74) is 11.1. The Kier molecular flexibility index (Phi) is 3.24. The van der Waals surface area contributed by atoms with E-state index in [-0.39, 0.29) is 0 Å². The van der Waals surface area contributed by atoms with Crippen molar-refractivity contribution in [3.8, 4) is 0 Å². The molecule has 1 aromatic heterocycles. The molecule has 0 spiro atoms. The fraction of sp³-hybridized carbons (Fsp3) is 0.333. The van der Waals surface area contributed by atoms with E-state index >= 15 is 0 Å². The fourth-order valence-electron chi connectivity index (χ4n) is 2.62. The number of thiophene rings is 1. The van der Waals surface area contributed by atoms with Crippen LogP contribution in [-0.4, -0.2) is 0 Å². The zero-order chi connectivity index (χ0) is 12.4. The number of nitrogens with one attached hydrogen (secondary N) is 1. The Morgan fingerprint density at radius 3 is 2.89 bits per heavy atom. The Labute approximate surface area is 112 Å². The first-order valence-electron chi connectivity index (χ1n) is 6.51. The molecular weight excluding hydrogens is 240 g/mol. The molecule has 18 heavy (non-hydrogen) atoms. The van der Waals surface area contributed by atoms with Crippen LogP contribution in [0.1, 0.15) is 28.8 Å². The lowest BCUT2D eigenvalue weighted by Gasteiger charge is -2.20. The summed E-state index contributed by atoms with van der Waals surface area (Å²) in [7, 11) is 0. The van der Waals surface area contributed by atoms with Gasteiger partial charge in [0, 0.05) is 16.3 Å². The number of fused-ring (bicyclic) bond motifs is 1. The molecule has 0 amide bonds. The van der Waals surface area contributed by atoms with Crippen molar-refractivity contribution in [2.24, 2.45) is 0 Å². The van der Waals surface area contributed by atoms with E-state index in [1.54, 1.807) is 11.3 Å². The van der Waals surface area contributed by atoms with E-state index < -0.39 is 0 Å². The minimum atomic E-state index is 0.833. The lowest BCUT2D eigenvalue weighted by Crippen LogP contribution is -2.08. The third kappa shape index (κ3) is 2.23. The van der Waals surface area contributed by atoms with Crippen molar-refractivity contribution in [2.75, 3.05) is 11.1 Å². The van der Waals surface area contributed by atoms with Crippen LogP contribution in [0.15, 0.2) is 29.6 Å². The van der Waals surface area contributed by atoms with Crippen molar-refractivity contribution in [3.05, 3.63) is 45.6 Å².